The highest BCUT2D eigenvalue weighted by Gasteiger charge is 2.39. The quantitative estimate of drug-likeness (QED) is 0.654. The first-order valence-corrected chi connectivity index (χ1v) is 10.6. The Balaban J connectivity index is 1.73. The maximum Gasteiger partial charge on any atom is 0.411 e. The molecular formula is C25H31NO5. The van der Waals surface area contributed by atoms with E-state index in [0.717, 1.165) is 23.3 Å². The van der Waals surface area contributed by atoms with E-state index in [1.165, 1.54) is 23.1 Å². The monoisotopic (exact) mass is 425 g/mol. The number of amides is 1. The molecule has 0 bridgehead atoms. The Morgan fingerprint density at radius 1 is 1.10 bits per heavy atom. The van der Waals surface area contributed by atoms with Crippen LogP contribution in [-0.2, 0) is 27.1 Å². The smallest absolute Gasteiger partial charge is 0.411 e. The number of hydrogen-bond acceptors (Lipinski definition) is 5. The predicted molar refractivity (Wildman–Crippen MR) is 118 cm³/mol. The minimum atomic E-state index is -0.829. The van der Waals surface area contributed by atoms with E-state index >= 15 is 0 Å². The van der Waals surface area contributed by atoms with E-state index in [2.05, 4.69) is 31.2 Å². The number of aryl methyl sites for hydroxylation is 1. The lowest BCUT2D eigenvalue weighted by Crippen LogP contribution is -2.46. The van der Waals surface area contributed by atoms with Crippen LogP contribution in [0, 0.1) is 6.92 Å². The van der Waals surface area contributed by atoms with Gasteiger partial charge in [0.05, 0.1) is 13.7 Å². The van der Waals surface area contributed by atoms with E-state index in [9.17, 15) is 9.59 Å². The second-order valence-corrected chi connectivity index (χ2v) is 8.79. The molecule has 1 atom stereocenters. The molecule has 0 fully saturated rings. The summed E-state index contributed by atoms with van der Waals surface area (Å²) < 4.78 is 16.4. The standard InChI is InChI=1S/C25H31NO5/c1-17-6-8-18(9-7-17)13-15-30-20-10-11-21-19(16-20)12-14-26(22(21)23(27)29-5)24(28)31-25(2,3)4/h6-11,16,22H,12-15H2,1-5H3/t22-/m1/s1. The molecule has 6 nitrogen and oxygen atoms in total. The van der Waals surface area contributed by atoms with Gasteiger partial charge in [-0.3, -0.25) is 4.90 Å². The van der Waals surface area contributed by atoms with Gasteiger partial charge in [0.15, 0.2) is 6.04 Å². The zero-order valence-electron chi connectivity index (χ0n) is 18.9. The highest BCUT2D eigenvalue weighted by atomic mass is 16.6. The molecule has 2 aromatic rings. The molecular weight excluding hydrogens is 394 g/mol. The first kappa shape index (κ1) is 22.7. The first-order valence-electron chi connectivity index (χ1n) is 10.6. The van der Waals surface area contributed by atoms with Crippen LogP contribution in [0.5, 0.6) is 5.75 Å². The van der Waals surface area contributed by atoms with Crippen molar-refractivity contribution >= 4 is 12.1 Å². The number of carbonyl (C=O) groups excluding carboxylic acids is 2. The Kier molecular flexibility index (Phi) is 6.88. The molecule has 0 N–H and O–H groups in total. The Bertz CT molecular complexity index is 930. The van der Waals surface area contributed by atoms with Crippen molar-refractivity contribution in [1.29, 1.82) is 0 Å². The third kappa shape index (κ3) is 5.78. The number of benzene rings is 2. The summed E-state index contributed by atoms with van der Waals surface area (Å²) in [6.45, 7) is 8.40. The first-order chi connectivity index (χ1) is 14.7. The van der Waals surface area contributed by atoms with Crippen LogP contribution in [0.1, 0.15) is 49.1 Å². The maximum absolute atomic E-state index is 12.7. The van der Waals surface area contributed by atoms with Crippen molar-refractivity contribution in [3.63, 3.8) is 0 Å². The van der Waals surface area contributed by atoms with Crippen LogP contribution in [0.4, 0.5) is 4.79 Å². The van der Waals surface area contributed by atoms with E-state index in [1.54, 1.807) is 20.8 Å². The van der Waals surface area contributed by atoms with Gasteiger partial charge in [0.1, 0.15) is 11.4 Å². The largest absolute Gasteiger partial charge is 0.493 e. The maximum atomic E-state index is 12.7. The zero-order chi connectivity index (χ0) is 22.6. The van der Waals surface area contributed by atoms with Gasteiger partial charge in [0.25, 0.3) is 0 Å². The molecule has 31 heavy (non-hydrogen) atoms. The van der Waals surface area contributed by atoms with Gasteiger partial charge >= 0.3 is 12.1 Å². The molecule has 0 saturated carbocycles. The van der Waals surface area contributed by atoms with Gasteiger partial charge in [-0.1, -0.05) is 35.9 Å². The van der Waals surface area contributed by atoms with Gasteiger partial charge in [-0.2, -0.15) is 0 Å². The molecule has 6 heteroatoms. The molecule has 1 heterocycles. The normalized spacial score (nSPS) is 15.8. The average molecular weight is 426 g/mol. The highest BCUT2D eigenvalue weighted by molar-refractivity contribution is 5.84. The zero-order valence-corrected chi connectivity index (χ0v) is 18.9. The number of ether oxygens (including phenoxy) is 3. The van der Waals surface area contributed by atoms with Crippen molar-refractivity contribution in [3.05, 3.63) is 64.7 Å². The topological polar surface area (TPSA) is 65.1 Å². The lowest BCUT2D eigenvalue weighted by atomic mass is 9.92. The lowest BCUT2D eigenvalue weighted by molar-refractivity contribution is -0.147. The lowest BCUT2D eigenvalue weighted by Gasteiger charge is -2.36. The molecule has 0 aromatic heterocycles. The summed E-state index contributed by atoms with van der Waals surface area (Å²) in [5.41, 5.74) is 3.54. The molecule has 0 radical (unpaired) electrons. The fourth-order valence-electron chi connectivity index (χ4n) is 3.62. The summed E-state index contributed by atoms with van der Waals surface area (Å²) in [5.74, 6) is 0.264. The van der Waals surface area contributed by atoms with Crippen LogP contribution in [0.15, 0.2) is 42.5 Å². The van der Waals surface area contributed by atoms with Crippen molar-refractivity contribution in [2.24, 2.45) is 0 Å². The van der Waals surface area contributed by atoms with Gasteiger partial charge in [0, 0.05) is 13.0 Å². The third-order valence-corrected chi connectivity index (χ3v) is 5.18. The van der Waals surface area contributed by atoms with Crippen molar-refractivity contribution in [1.82, 2.24) is 4.90 Å². The summed E-state index contributed by atoms with van der Waals surface area (Å²) in [5, 5.41) is 0. The van der Waals surface area contributed by atoms with Crippen molar-refractivity contribution in [3.8, 4) is 5.75 Å². The fraction of sp³-hybridized carbons (Fsp3) is 0.440. The summed E-state index contributed by atoms with van der Waals surface area (Å²) in [6, 6.07) is 13.2. The van der Waals surface area contributed by atoms with E-state index in [4.69, 9.17) is 14.2 Å². The molecule has 0 unspecified atom stereocenters. The van der Waals surface area contributed by atoms with Gasteiger partial charge in [-0.25, -0.2) is 9.59 Å². The van der Waals surface area contributed by atoms with Crippen LogP contribution in [0.2, 0.25) is 0 Å². The molecule has 2 aromatic carbocycles. The molecule has 0 aliphatic carbocycles. The average Bonchev–Trinajstić information content (AvgIpc) is 2.72. The van der Waals surface area contributed by atoms with Crippen molar-refractivity contribution in [2.75, 3.05) is 20.3 Å². The summed E-state index contributed by atoms with van der Waals surface area (Å²) in [6.07, 6.45) is 0.901. The number of rotatable bonds is 5. The fourth-order valence-corrected chi connectivity index (χ4v) is 3.62. The Hall–Kier alpha value is -3.02. The minimum Gasteiger partial charge on any atom is -0.493 e. The summed E-state index contributed by atoms with van der Waals surface area (Å²) in [4.78, 5) is 26.7. The minimum absolute atomic E-state index is 0.370. The van der Waals surface area contributed by atoms with Gasteiger partial charge < -0.3 is 14.2 Å². The number of nitrogens with zero attached hydrogens (tertiary/aromatic N) is 1. The molecule has 166 valence electrons. The summed E-state index contributed by atoms with van der Waals surface area (Å²) >= 11 is 0. The SMILES string of the molecule is COC(=O)[C@H]1c2ccc(OCCc3ccc(C)cc3)cc2CCN1C(=O)OC(C)(C)C. The Labute approximate surface area is 184 Å². The van der Waals surface area contributed by atoms with Crippen LogP contribution < -0.4 is 4.74 Å². The van der Waals surface area contributed by atoms with Crippen molar-refractivity contribution in [2.45, 2.75) is 52.2 Å². The highest BCUT2D eigenvalue weighted by Crippen LogP contribution is 2.34. The summed E-state index contributed by atoms with van der Waals surface area (Å²) in [7, 11) is 1.33. The van der Waals surface area contributed by atoms with E-state index < -0.39 is 23.7 Å². The number of carbonyl (C=O) groups is 2. The number of hydrogen-bond donors (Lipinski definition) is 0. The second-order valence-electron chi connectivity index (χ2n) is 8.79. The Morgan fingerprint density at radius 2 is 1.81 bits per heavy atom. The van der Waals surface area contributed by atoms with Gasteiger partial charge in [-0.15, -0.1) is 0 Å². The Morgan fingerprint density at radius 3 is 2.45 bits per heavy atom. The molecule has 0 saturated heterocycles. The second kappa shape index (κ2) is 9.41. The number of fused-ring (bicyclic) bond motifs is 1. The van der Waals surface area contributed by atoms with E-state index in [0.29, 0.717) is 19.6 Å². The van der Waals surface area contributed by atoms with Crippen LogP contribution in [0.3, 0.4) is 0 Å². The van der Waals surface area contributed by atoms with E-state index in [-0.39, 0.29) is 0 Å². The van der Waals surface area contributed by atoms with Gasteiger partial charge in [-0.05, 0) is 62.9 Å². The molecule has 1 aliphatic rings. The third-order valence-electron chi connectivity index (χ3n) is 5.18. The molecule has 1 aliphatic heterocycles. The van der Waals surface area contributed by atoms with Crippen LogP contribution >= 0.6 is 0 Å². The van der Waals surface area contributed by atoms with Crippen LogP contribution in [0.25, 0.3) is 0 Å². The van der Waals surface area contributed by atoms with Crippen LogP contribution in [-0.4, -0.2) is 42.8 Å². The number of esters is 1. The molecule has 1 amide bonds. The predicted octanol–water partition coefficient (Wildman–Crippen LogP) is 4.62. The van der Waals surface area contributed by atoms with Crippen molar-refractivity contribution < 1.29 is 23.8 Å². The number of methoxy groups -OCH3 is 1. The van der Waals surface area contributed by atoms with E-state index in [1.807, 2.05) is 18.2 Å². The van der Waals surface area contributed by atoms with Gasteiger partial charge in [0.2, 0.25) is 0 Å². The molecule has 0 spiro atoms. The molecule has 3 rings (SSSR count).